The monoisotopic (exact) mass is 343 g/mol. The maximum atomic E-state index is 12.3. The first-order chi connectivity index (χ1) is 9.83. The molecule has 1 amide bonds. The van der Waals surface area contributed by atoms with Crippen LogP contribution in [0.4, 0.5) is 13.2 Å². The van der Waals surface area contributed by atoms with Crippen LogP contribution < -0.4 is 10.6 Å². The van der Waals surface area contributed by atoms with E-state index in [1.807, 2.05) is 0 Å². The number of hydrogen-bond acceptors (Lipinski definition) is 3. The number of alkyl halides is 3. The topological polar surface area (TPSA) is 44.4 Å². The lowest BCUT2D eigenvalue weighted by molar-refractivity contribution is -0.143. The number of likely N-dealkylation sites (tertiary alicyclic amines) is 1. The Bertz CT molecular complexity index is 368. The van der Waals surface area contributed by atoms with E-state index in [2.05, 4.69) is 17.6 Å². The van der Waals surface area contributed by atoms with Gasteiger partial charge < -0.3 is 10.6 Å². The molecule has 2 fully saturated rings. The van der Waals surface area contributed by atoms with Crippen molar-refractivity contribution >= 4 is 18.3 Å². The molecule has 0 aromatic heterocycles. The van der Waals surface area contributed by atoms with Gasteiger partial charge in [0, 0.05) is 25.0 Å². The molecule has 2 N–H and O–H groups in total. The highest BCUT2D eigenvalue weighted by molar-refractivity contribution is 5.85. The van der Waals surface area contributed by atoms with E-state index in [0.29, 0.717) is 25.7 Å². The molecule has 2 aliphatic heterocycles. The second-order valence-electron chi connectivity index (χ2n) is 6.33. The molecule has 0 aliphatic carbocycles. The van der Waals surface area contributed by atoms with Gasteiger partial charge in [-0.05, 0) is 45.2 Å². The van der Waals surface area contributed by atoms with Gasteiger partial charge in [0.1, 0.15) is 0 Å². The van der Waals surface area contributed by atoms with E-state index in [-0.39, 0.29) is 30.2 Å². The minimum Gasteiger partial charge on any atom is -0.356 e. The minimum atomic E-state index is -4.14. The summed E-state index contributed by atoms with van der Waals surface area (Å²) >= 11 is 0. The molecule has 4 nitrogen and oxygen atoms in total. The van der Waals surface area contributed by atoms with Crippen LogP contribution >= 0.6 is 12.4 Å². The van der Waals surface area contributed by atoms with Crippen LogP contribution in [0.5, 0.6) is 0 Å². The second kappa shape index (κ2) is 8.36. The lowest BCUT2D eigenvalue weighted by Gasteiger charge is -2.27. The number of carbonyl (C=O) groups is 1. The van der Waals surface area contributed by atoms with Crippen LogP contribution in [0, 0.1) is 11.8 Å². The molecule has 1 unspecified atom stereocenters. The third kappa shape index (κ3) is 6.30. The number of piperidine rings is 1. The molecule has 0 aromatic carbocycles. The van der Waals surface area contributed by atoms with E-state index < -0.39 is 12.7 Å². The summed E-state index contributed by atoms with van der Waals surface area (Å²) < 4.78 is 36.9. The third-order valence-corrected chi connectivity index (χ3v) is 4.33. The first-order valence-electron chi connectivity index (χ1n) is 7.63. The van der Waals surface area contributed by atoms with Gasteiger partial charge in [0.05, 0.1) is 6.54 Å². The number of hydrogen-bond donors (Lipinski definition) is 2. The molecule has 0 aromatic rings. The molecule has 0 bridgehead atoms. The average molecular weight is 344 g/mol. The Morgan fingerprint density at radius 2 is 2.09 bits per heavy atom. The van der Waals surface area contributed by atoms with Gasteiger partial charge in [-0.2, -0.15) is 13.2 Å². The van der Waals surface area contributed by atoms with E-state index in [1.54, 1.807) is 0 Å². The Kier molecular flexibility index (Phi) is 7.41. The van der Waals surface area contributed by atoms with Gasteiger partial charge in [0.25, 0.3) is 0 Å². The van der Waals surface area contributed by atoms with E-state index in [1.165, 1.54) is 4.90 Å². The van der Waals surface area contributed by atoms with Crippen molar-refractivity contribution in [2.45, 2.75) is 38.4 Å². The number of nitrogens with zero attached hydrogens (tertiary/aromatic N) is 1. The van der Waals surface area contributed by atoms with Crippen molar-refractivity contribution < 1.29 is 18.0 Å². The highest BCUT2D eigenvalue weighted by atomic mass is 35.5. The van der Waals surface area contributed by atoms with Crippen molar-refractivity contribution in [3.8, 4) is 0 Å². The summed E-state index contributed by atoms with van der Waals surface area (Å²) in [4.78, 5) is 13.5. The maximum absolute atomic E-state index is 12.3. The summed E-state index contributed by atoms with van der Waals surface area (Å²) in [6.45, 7) is 3.44. The van der Waals surface area contributed by atoms with Crippen LogP contribution in [0.2, 0.25) is 0 Å². The number of halogens is 4. The van der Waals surface area contributed by atoms with Crippen molar-refractivity contribution in [3.63, 3.8) is 0 Å². The lowest BCUT2D eigenvalue weighted by atomic mass is 9.92. The summed E-state index contributed by atoms with van der Waals surface area (Å²) in [5.41, 5.74) is 0. The molecule has 0 radical (unpaired) electrons. The fourth-order valence-corrected chi connectivity index (χ4v) is 3.24. The molecule has 130 valence electrons. The molecule has 2 saturated heterocycles. The smallest absolute Gasteiger partial charge is 0.356 e. The zero-order valence-corrected chi connectivity index (χ0v) is 13.6. The zero-order valence-electron chi connectivity index (χ0n) is 12.8. The molecule has 3 atom stereocenters. The standard InChI is InChI=1S/C14H24F3N3O.ClH/c1-10-6-12(2-4-18-10)13(21)19-7-11-3-5-20(8-11)9-14(15,16)17;/h10-12,18H,2-9H2,1H3,(H,19,21);1H/t10-,11?,12-;/m0./s1. The largest absolute Gasteiger partial charge is 0.401 e. The van der Waals surface area contributed by atoms with Crippen molar-refractivity contribution in [3.05, 3.63) is 0 Å². The highest BCUT2D eigenvalue weighted by Gasteiger charge is 2.34. The van der Waals surface area contributed by atoms with Crippen LogP contribution in [0.25, 0.3) is 0 Å². The first-order valence-corrected chi connectivity index (χ1v) is 7.63. The summed E-state index contributed by atoms with van der Waals surface area (Å²) in [5.74, 6) is 0.224. The highest BCUT2D eigenvalue weighted by Crippen LogP contribution is 2.22. The maximum Gasteiger partial charge on any atom is 0.401 e. The van der Waals surface area contributed by atoms with Crippen LogP contribution in [-0.4, -0.2) is 55.7 Å². The van der Waals surface area contributed by atoms with Gasteiger partial charge in [-0.1, -0.05) is 0 Å². The molecule has 2 heterocycles. The van der Waals surface area contributed by atoms with Crippen LogP contribution in [0.1, 0.15) is 26.2 Å². The summed E-state index contributed by atoms with van der Waals surface area (Å²) in [7, 11) is 0. The Hall–Kier alpha value is -0.530. The van der Waals surface area contributed by atoms with Crippen molar-refractivity contribution in [1.82, 2.24) is 15.5 Å². The molecule has 2 aliphatic rings. The van der Waals surface area contributed by atoms with E-state index in [9.17, 15) is 18.0 Å². The van der Waals surface area contributed by atoms with Crippen molar-refractivity contribution in [1.29, 1.82) is 0 Å². The predicted octanol–water partition coefficient (Wildman–Crippen LogP) is 1.80. The lowest BCUT2D eigenvalue weighted by Crippen LogP contribution is -2.43. The van der Waals surface area contributed by atoms with Crippen LogP contribution in [0.15, 0.2) is 0 Å². The number of carbonyl (C=O) groups excluding carboxylic acids is 1. The van der Waals surface area contributed by atoms with Crippen LogP contribution in [0.3, 0.4) is 0 Å². The molecular formula is C14H25ClF3N3O. The quantitative estimate of drug-likeness (QED) is 0.818. The Balaban J connectivity index is 0.00000242. The number of amides is 1. The zero-order chi connectivity index (χ0) is 15.5. The Morgan fingerprint density at radius 3 is 2.73 bits per heavy atom. The van der Waals surface area contributed by atoms with E-state index in [0.717, 1.165) is 25.8 Å². The van der Waals surface area contributed by atoms with E-state index >= 15 is 0 Å². The van der Waals surface area contributed by atoms with Gasteiger partial charge in [0.15, 0.2) is 0 Å². The normalized spacial score (nSPS) is 29.9. The van der Waals surface area contributed by atoms with Gasteiger partial charge in [-0.15, -0.1) is 12.4 Å². The summed E-state index contributed by atoms with van der Waals surface area (Å²) in [6.07, 6.45) is -1.75. The fourth-order valence-electron chi connectivity index (χ4n) is 3.24. The van der Waals surface area contributed by atoms with Crippen LogP contribution in [-0.2, 0) is 4.79 Å². The minimum absolute atomic E-state index is 0. The van der Waals surface area contributed by atoms with E-state index in [4.69, 9.17) is 0 Å². The summed E-state index contributed by atoms with van der Waals surface area (Å²) in [6, 6.07) is 0.350. The van der Waals surface area contributed by atoms with Gasteiger partial charge >= 0.3 is 6.18 Å². The predicted molar refractivity (Wildman–Crippen MR) is 81.0 cm³/mol. The SMILES string of the molecule is C[C@H]1C[C@@H](C(=O)NCC2CCN(CC(F)(F)F)C2)CCN1.Cl. The first kappa shape index (κ1) is 19.5. The van der Waals surface area contributed by atoms with Crippen molar-refractivity contribution in [2.24, 2.45) is 11.8 Å². The fraction of sp³-hybridized carbons (Fsp3) is 0.929. The average Bonchev–Trinajstić information content (AvgIpc) is 2.81. The summed E-state index contributed by atoms with van der Waals surface area (Å²) in [5, 5.41) is 6.22. The number of nitrogens with one attached hydrogen (secondary N) is 2. The third-order valence-electron chi connectivity index (χ3n) is 4.33. The molecule has 0 spiro atoms. The number of rotatable bonds is 4. The van der Waals surface area contributed by atoms with Gasteiger partial charge in [-0.25, -0.2) is 0 Å². The van der Waals surface area contributed by atoms with Crippen molar-refractivity contribution in [2.75, 3.05) is 32.7 Å². The van der Waals surface area contributed by atoms with Gasteiger partial charge in [-0.3, -0.25) is 9.69 Å². The Labute approximate surface area is 135 Å². The molecule has 2 rings (SSSR count). The molecular weight excluding hydrogens is 319 g/mol. The molecule has 0 saturated carbocycles. The Morgan fingerprint density at radius 1 is 1.36 bits per heavy atom. The molecule has 8 heteroatoms. The second-order valence-corrected chi connectivity index (χ2v) is 6.33. The molecule has 22 heavy (non-hydrogen) atoms. The van der Waals surface area contributed by atoms with Gasteiger partial charge in [0.2, 0.25) is 5.91 Å².